The maximum Gasteiger partial charge on any atom is 0.414 e. The van der Waals surface area contributed by atoms with Gasteiger partial charge < -0.3 is 4.74 Å². The van der Waals surface area contributed by atoms with E-state index in [9.17, 15) is 9.18 Å². The fraction of sp³-hybridized carbons (Fsp3) is 0.250. The summed E-state index contributed by atoms with van der Waals surface area (Å²) in [6, 6.07) is 4.29. The molecule has 3 rings (SSSR count). The van der Waals surface area contributed by atoms with Crippen molar-refractivity contribution in [2.24, 2.45) is 5.11 Å². The summed E-state index contributed by atoms with van der Waals surface area (Å²) in [4.78, 5) is 15.7. The van der Waals surface area contributed by atoms with Crippen LogP contribution in [0.5, 0.6) is 0 Å². The molecule has 2 aromatic rings. The van der Waals surface area contributed by atoms with Crippen LogP contribution in [0.2, 0.25) is 0 Å². The minimum atomic E-state index is -0.606. The number of hydrogen-bond acceptors (Lipinski definition) is 5. The third-order valence-electron chi connectivity index (χ3n) is 3.13. The molecule has 9 nitrogen and oxygen atoms in total. The van der Waals surface area contributed by atoms with Crippen molar-refractivity contribution in [1.29, 1.82) is 0 Å². The highest BCUT2D eigenvalue weighted by atomic mass is 19.1. The first-order valence-corrected chi connectivity index (χ1v) is 6.34. The number of carbonyl (C=O) groups is 1. The lowest BCUT2D eigenvalue weighted by molar-refractivity contribution is 0.145. The van der Waals surface area contributed by atoms with E-state index in [1.807, 2.05) is 0 Å². The van der Waals surface area contributed by atoms with Gasteiger partial charge in [0.05, 0.1) is 31.2 Å². The summed E-state index contributed by atoms with van der Waals surface area (Å²) in [6.07, 6.45) is 1.80. The second-order valence-corrected chi connectivity index (χ2v) is 4.51. The van der Waals surface area contributed by atoms with Gasteiger partial charge in [-0.25, -0.2) is 13.9 Å². The molecule has 1 saturated heterocycles. The van der Waals surface area contributed by atoms with E-state index in [0.717, 1.165) is 0 Å². The molecule has 1 aromatic heterocycles. The van der Waals surface area contributed by atoms with E-state index in [4.69, 9.17) is 10.3 Å². The van der Waals surface area contributed by atoms with Crippen LogP contribution >= 0.6 is 0 Å². The van der Waals surface area contributed by atoms with Crippen molar-refractivity contribution in [3.63, 3.8) is 0 Å². The molecule has 1 aliphatic rings. The summed E-state index contributed by atoms with van der Waals surface area (Å²) >= 11 is 0. The fourth-order valence-corrected chi connectivity index (χ4v) is 2.14. The summed E-state index contributed by atoms with van der Waals surface area (Å²) in [5, 5.41) is 10.7. The van der Waals surface area contributed by atoms with Crippen molar-refractivity contribution in [1.82, 2.24) is 15.0 Å². The molecule has 2 heterocycles. The first kappa shape index (κ1) is 13.8. The van der Waals surface area contributed by atoms with Crippen molar-refractivity contribution < 1.29 is 13.9 Å². The van der Waals surface area contributed by atoms with Crippen LogP contribution in [0.1, 0.15) is 0 Å². The molecule has 1 unspecified atom stereocenters. The monoisotopic (exact) mass is 303 g/mol. The van der Waals surface area contributed by atoms with Crippen molar-refractivity contribution in [3.05, 3.63) is 46.9 Å². The van der Waals surface area contributed by atoms with E-state index >= 15 is 0 Å². The zero-order chi connectivity index (χ0) is 15.5. The van der Waals surface area contributed by atoms with Gasteiger partial charge in [-0.2, -0.15) is 0 Å². The lowest BCUT2D eigenvalue weighted by Gasteiger charge is -2.14. The number of rotatable bonds is 4. The fourth-order valence-electron chi connectivity index (χ4n) is 2.14. The van der Waals surface area contributed by atoms with Gasteiger partial charge in [0.25, 0.3) is 0 Å². The average Bonchev–Trinajstić information content (AvgIpc) is 3.14. The molecular weight excluding hydrogens is 293 g/mol. The van der Waals surface area contributed by atoms with Gasteiger partial charge in [0.15, 0.2) is 5.82 Å². The molecule has 10 heteroatoms. The lowest BCUT2D eigenvalue weighted by Crippen LogP contribution is -2.25. The highest BCUT2D eigenvalue weighted by molar-refractivity contribution is 5.89. The maximum absolute atomic E-state index is 14.2. The Hall–Kier alpha value is -3.13. The molecular formula is C12H10FN7O2. The Balaban J connectivity index is 1.82. The van der Waals surface area contributed by atoms with Crippen molar-refractivity contribution in [2.75, 3.05) is 18.0 Å². The summed E-state index contributed by atoms with van der Waals surface area (Å²) in [5.74, 6) is -0.547. The molecule has 1 atom stereocenters. The quantitative estimate of drug-likeness (QED) is 0.489. The SMILES string of the molecule is [N-]=[N+]=NCC1CN(c2ccc(-n3ccnn3)c(F)c2)C(=O)O1. The molecule has 1 aliphatic heterocycles. The van der Waals surface area contributed by atoms with Gasteiger partial charge in [-0.15, -0.1) is 5.10 Å². The van der Waals surface area contributed by atoms with Crippen LogP contribution in [-0.2, 0) is 4.74 Å². The van der Waals surface area contributed by atoms with Crippen LogP contribution in [0, 0.1) is 5.82 Å². The van der Waals surface area contributed by atoms with Crippen LogP contribution in [0.15, 0.2) is 35.7 Å². The van der Waals surface area contributed by atoms with Gasteiger partial charge in [0.2, 0.25) is 0 Å². The van der Waals surface area contributed by atoms with E-state index in [1.54, 1.807) is 6.07 Å². The molecule has 22 heavy (non-hydrogen) atoms. The zero-order valence-electron chi connectivity index (χ0n) is 11.2. The summed E-state index contributed by atoms with van der Waals surface area (Å²) < 4.78 is 20.5. The van der Waals surface area contributed by atoms with Crippen LogP contribution in [0.3, 0.4) is 0 Å². The second-order valence-electron chi connectivity index (χ2n) is 4.51. The number of aromatic nitrogens is 3. The maximum atomic E-state index is 14.2. The predicted octanol–water partition coefficient (Wildman–Crippen LogP) is 2.04. The Kier molecular flexibility index (Phi) is 3.58. The Morgan fingerprint density at radius 3 is 3.09 bits per heavy atom. The largest absolute Gasteiger partial charge is 0.444 e. The summed E-state index contributed by atoms with van der Waals surface area (Å²) in [6.45, 7) is 0.234. The number of benzene rings is 1. The third-order valence-corrected chi connectivity index (χ3v) is 3.13. The van der Waals surface area contributed by atoms with Crippen LogP contribution in [0.25, 0.3) is 16.1 Å². The second kappa shape index (κ2) is 5.70. The minimum absolute atomic E-state index is 0.0399. The van der Waals surface area contributed by atoms with E-state index in [2.05, 4.69) is 20.3 Å². The van der Waals surface area contributed by atoms with Gasteiger partial charge in [0, 0.05) is 4.91 Å². The molecule has 0 aliphatic carbocycles. The minimum Gasteiger partial charge on any atom is -0.444 e. The Bertz CT molecular complexity index is 742. The predicted molar refractivity (Wildman–Crippen MR) is 72.9 cm³/mol. The van der Waals surface area contributed by atoms with Gasteiger partial charge in [0.1, 0.15) is 11.8 Å². The van der Waals surface area contributed by atoms with Gasteiger partial charge >= 0.3 is 6.09 Å². The normalized spacial score (nSPS) is 17.2. The molecule has 0 spiro atoms. The van der Waals surface area contributed by atoms with Gasteiger partial charge in [-0.3, -0.25) is 4.90 Å². The van der Waals surface area contributed by atoms with Gasteiger partial charge in [-0.05, 0) is 23.7 Å². The number of azide groups is 1. The molecule has 0 saturated carbocycles. The Morgan fingerprint density at radius 2 is 2.41 bits per heavy atom. The van der Waals surface area contributed by atoms with Gasteiger partial charge in [-0.1, -0.05) is 10.3 Å². The Morgan fingerprint density at radius 1 is 1.55 bits per heavy atom. The number of nitrogens with zero attached hydrogens (tertiary/aromatic N) is 7. The number of amides is 1. The van der Waals surface area contributed by atoms with E-state index < -0.39 is 18.0 Å². The number of halogens is 1. The van der Waals surface area contributed by atoms with E-state index in [1.165, 1.54) is 34.1 Å². The van der Waals surface area contributed by atoms with Crippen LogP contribution < -0.4 is 4.90 Å². The molecule has 0 bridgehead atoms. The number of hydrogen-bond donors (Lipinski definition) is 0. The summed E-state index contributed by atoms with van der Waals surface area (Å²) in [5.41, 5.74) is 8.85. The highest BCUT2D eigenvalue weighted by Gasteiger charge is 2.32. The first-order valence-electron chi connectivity index (χ1n) is 6.34. The smallest absolute Gasteiger partial charge is 0.414 e. The lowest BCUT2D eigenvalue weighted by atomic mass is 10.2. The first-order chi connectivity index (χ1) is 10.7. The van der Waals surface area contributed by atoms with E-state index in [-0.39, 0.29) is 18.8 Å². The summed E-state index contributed by atoms with van der Waals surface area (Å²) in [7, 11) is 0. The Labute approximate surface area is 123 Å². The number of anilines is 1. The highest BCUT2D eigenvalue weighted by Crippen LogP contribution is 2.25. The molecule has 1 fully saturated rings. The average molecular weight is 303 g/mol. The van der Waals surface area contributed by atoms with Crippen LogP contribution in [0.4, 0.5) is 14.9 Å². The molecule has 1 aromatic carbocycles. The number of cyclic esters (lactones) is 1. The van der Waals surface area contributed by atoms with Crippen LogP contribution in [-0.4, -0.2) is 40.3 Å². The zero-order valence-corrected chi connectivity index (χ0v) is 11.2. The molecule has 1 amide bonds. The topological polar surface area (TPSA) is 109 Å². The standard InChI is InChI=1S/C12H10FN7O2/c13-10-5-8(1-2-11(10)20-4-3-15-18-20)19-7-9(6-16-17-14)22-12(19)21/h1-5,9H,6-7H2. The number of ether oxygens (including phenoxy) is 1. The molecule has 0 radical (unpaired) electrons. The van der Waals surface area contributed by atoms with Crippen molar-refractivity contribution in [3.8, 4) is 5.69 Å². The van der Waals surface area contributed by atoms with Crippen molar-refractivity contribution >= 4 is 11.8 Å². The number of carbonyl (C=O) groups excluding carboxylic acids is 1. The third kappa shape index (κ3) is 2.54. The molecule has 112 valence electrons. The van der Waals surface area contributed by atoms with Crippen molar-refractivity contribution in [2.45, 2.75) is 6.10 Å². The van der Waals surface area contributed by atoms with E-state index in [0.29, 0.717) is 5.69 Å². The molecule has 0 N–H and O–H groups in total.